The topological polar surface area (TPSA) is 116 Å². The summed E-state index contributed by atoms with van der Waals surface area (Å²) in [6.07, 6.45) is -1.41. The van der Waals surface area contributed by atoms with Gasteiger partial charge in [0.25, 0.3) is 0 Å². The van der Waals surface area contributed by atoms with Gasteiger partial charge >= 0.3 is 6.03 Å². The Morgan fingerprint density at radius 2 is 1.87 bits per heavy atom. The molecule has 7 heteroatoms. The van der Waals surface area contributed by atoms with Crippen molar-refractivity contribution in [2.75, 3.05) is 19.6 Å². The molecule has 1 fully saturated rings. The molecular formula is C8H15N3O4. The number of imide groups is 1. The van der Waals surface area contributed by atoms with Crippen molar-refractivity contribution >= 4 is 11.9 Å². The molecule has 0 radical (unpaired) electrons. The van der Waals surface area contributed by atoms with E-state index in [2.05, 4.69) is 0 Å². The number of hydrogen-bond donors (Lipinski definition) is 4. The molecule has 7 nitrogen and oxygen atoms in total. The first kappa shape index (κ1) is 11.9. The van der Waals surface area contributed by atoms with Crippen LogP contribution in [0.4, 0.5) is 4.79 Å². The third-order valence-corrected chi connectivity index (χ3v) is 2.25. The van der Waals surface area contributed by atoms with E-state index in [0.717, 1.165) is 0 Å². The molecule has 15 heavy (non-hydrogen) atoms. The Morgan fingerprint density at radius 3 is 2.33 bits per heavy atom. The summed E-state index contributed by atoms with van der Waals surface area (Å²) in [5.41, 5.74) is 4.76. The highest BCUT2D eigenvalue weighted by Crippen LogP contribution is 2.09. The highest BCUT2D eigenvalue weighted by Gasteiger charge is 2.29. The molecule has 0 aliphatic carbocycles. The second-order valence-electron chi connectivity index (χ2n) is 3.56. The van der Waals surface area contributed by atoms with E-state index < -0.39 is 24.1 Å². The molecule has 5 N–H and O–H groups in total. The smallest absolute Gasteiger partial charge is 0.318 e. The first-order valence-corrected chi connectivity index (χ1v) is 4.67. The molecule has 1 saturated heterocycles. The van der Waals surface area contributed by atoms with Crippen LogP contribution in [0.3, 0.4) is 0 Å². The van der Waals surface area contributed by atoms with E-state index in [4.69, 9.17) is 5.73 Å². The molecule has 0 aromatic carbocycles. The highest BCUT2D eigenvalue weighted by atomic mass is 16.3. The van der Waals surface area contributed by atoms with Crippen molar-refractivity contribution in [3.63, 3.8) is 0 Å². The van der Waals surface area contributed by atoms with Crippen molar-refractivity contribution in [3.05, 3.63) is 0 Å². The molecule has 2 atom stereocenters. The third-order valence-electron chi connectivity index (χ3n) is 2.25. The molecular weight excluding hydrogens is 202 g/mol. The van der Waals surface area contributed by atoms with E-state index in [-0.39, 0.29) is 6.42 Å². The van der Waals surface area contributed by atoms with E-state index in [9.17, 15) is 19.8 Å². The number of nitrogens with one attached hydrogen (secondary N) is 1. The molecule has 0 aromatic rings. The summed E-state index contributed by atoms with van der Waals surface area (Å²) in [5, 5.41) is 20.4. The van der Waals surface area contributed by atoms with Gasteiger partial charge in [0.05, 0.1) is 12.2 Å². The highest BCUT2D eigenvalue weighted by molar-refractivity contribution is 5.93. The number of nitrogens with zero attached hydrogens (tertiary/aromatic N) is 1. The van der Waals surface area contributed by atoms with Crippen LogP contribution in [-0.4, -0.2) is 58.9 Å². The number of rotatable bonds is 3. The number of primary amides is 1. The number of carbonyl (C=O) groups excluding carboxylic acids is 2. The van der Waals surface area contributed by atoms with E-state index in [1.165, 1.54) is 0 Å². The standard InChI is InChI=1S/C8H15N3O4/c9-8(15)10-7(14)1-2-11-3-5(12)6(13)4-11/h5-6,12-13H,1-4H2,(H3,9,10,14,15)/t5-,6+. The average Bonchev–Trinajstić information content (AvgIpc) is 2.42. The predicted molar refractivity (Wildman–Crippen MR) is 50.8 cm³/mol. The maximum atomic E-state index is 11.0. The van der Waals surface area contributed by atoms with Gasteiger partial charge in [-0.15, -0.1) is 0 Å². The number of nitrogens with two attached hydrogens (primary N) is 1. The van der Waals surface area contributed by atoms with Crippen LogP contribution < -0.4 is 11.1 Å². The van der Waals surface area contributed by atoms with Gasteiger partial charge in [0, 0.05) is 26.1 Å². The fourth-order valence-electron chi connectivity index (χ4n) is 1.49. The van der Waals surface area contributed by atoms with Crippen molar-refractivity contribution < 1.29 is 19.8 Å². The molecule has 1 heterocycles. The van der Waals surface area contributed by atoms with Crippen LogP contribution in [0, 0.1) is 0 Å². The Balaban J connectivity index is 2.21. The molecule has 3 amide bonds. The van der Waals surface area contributed by atoms with E-state index in [1.54, 1.807) is 4.90 Å². The summed E-state index contributed by atoms with van der Waals surface area (Å²) in [4.78, 5) is 23.1. The summed E-state index contributed by atoms with van der Waals surface area (Å²) in [5.74, 6) is -0.460. The number of amides is 3. The van der Waals surface area contributed by atoms with Gasteiger partial charge in [-0.25, -0.2) is 4.79 Å². The Bertz CT molecular complexity index is 248. The Kier molecular flexibility index (Phi) is 4.01. The van der Waals surface area contributed by atoms with Crippen molar-refractivity contribution in [2.24, 2.45) is 5.73 Å². The van der Waals surface area contributed by atoms with Gasteiger partial charge in [-0.2, -0.15) is 0 Å². The lowest BCUT2D eigenvalue weighted by Crippen LogP contribution is -2.37. The third kappa shape index (κ3) is 3.82. The molecule has 0 bridgehead atoms. The second kappa shape index (κ2) is 5.06. The Hall–Kier alpha value is -1.18. The van der Waals surface area contributed by atoms with Gasteiger partial charge in [0.2, 0.25) is 5.91 Å². The van der Waals surface area contributed by atoms with Crippen LogP contribution >= 0.6 is 0 Å². The van der Waals surface area contributed by atoms with Gasteiger partial charge < -0.3 is 15.9 Å². The quantitative estimate of drug-likeness (QED) is 0.421. The number of likely N-dealkylation sites (tertiary alicyclic amines) is 1. The van der Waals surface area contributed by atoms with Crippen molar-refractivity contribution in [1.29, 1.82) is 0 Å². The lowest BCUT2D eigenvalue weighted by atomic mass is 10.3. The predicted octanol–water partition coefficient (Wildman–Crippen LogP) is -2.39. The molecule has 0 saturated carbocycles. The van der Waals surface area contributed by atoms with Crippen LogP contribution in [0.25, 0.3) is 0 Å². The molecule has 1 rings (SSSR count). The largest absolute Gasteiger partial charge is 0.389 e. The lowest BCUT2D eigenvalue weighted by molar-refractivity contribution is -0.120. The molecule has 0 unspecified atom stereocenters. The number of hydrogen-bond acceptors (Lipinski definition) is 5. The maximum Gasteiger partial charge on any atom is 0.318 e. The van der Waals surface area contributed by atoms with E-state index in [0.29, 0.717) is 19.6 Å². The minimum atomic E-state index is -0.874. The fourth-order valence-corrected chi connectivity index (χ4v) is 1.49. The van der Waals surface area contributed by atoms with Gasteiger partial charge in [0.1, 0.15) is 0 Å². The van der Waals surface area contributed by atoms with Crippen LogP contribution in [-0.2, 0) is 4.79 Å². The summed E-state index contributed by atoms with van der Waals surface area (Å²) < 4.78 is 0. The minimum Gasteiger partial charge on any atom is -0.389 e. The molecule has 1 aliphatic heterocycles. The fraction of sp³-hybridized carbons (Fsp3) is 0.750. The molecule has 86 valence electrons. The van der Waals surface area contributed by atoms with Crippen molar-refractivity contribution in [2.45, 2.75) is 18.6 Å². The monoisotopic (exact) mass is 217 g/mol. The second-order valence-corrected chi connectivity index (χ2v) is 3.56. The Labute approximate surface area is 86.8 Å². The van der Waals surface area contributed by atoms with Gasteiger partial charge in [-0.3, -0.25) is 15.0 Å². The van der Waals surface area contributed by atoms with Crippen LogP contribution in [0.1, 0.15) is 6.42 Å². The summed E-state index contributed by atoms with van der Waals surface area (Å²) in [6, 6.07) is -0.874. The first-order chi connectivity index (χ1) is 6.99. The van der Waals surface area contributed by atoms with Gasteiger partial charge in [0.15, 0.2) is 0 Å². The zero-order valence-electron chi connectivity index (χ0n) is 8.22. The van der Waals surface area contributed by atoms with E-state index in [1.807, 2.05) is 5.32 Å². The van der Waals surface area contributed by atoms with Crippen LogP contribution in [0.2, 0.25) is 0 Å². The number of β-amino-alcohol motifs (C(OH)–C–C–N with tert-alkyl or cyclic N) is 2. The zero-order valence-corrected chi connectivity index (χ0v) is 8.22. The van der Waals surface area contributed by atoms with Crippen molar-refractivity contribution in [1.82, 2.24) is 10.2 Å². The summed E-state index contributed by atoms with van der Waals surface area (Å²) in [7, 11) is 0. The van der Waals surface area contributed by atoms with Gasteiger partial charge in [-0.1, -0.05) is 0 Å². The number of aliphatic hydroxyl groups is 2. The van der Waals surface area contributed by atoms with Gasteiger partial charge in [-0.05, 0) is 0 Å². The number of carbonyl (C=O) groups is 2. The molecule has 0 spiro atoms. The van der Waals surface area contributed by atoms with Crippen LogP contribution in [0.15, 0.2) is 0 Å². The normalized spacial score (nSPS) is 26.5. The molecule has 1 aliphatic rings. The molecule has 0 aromatic heterocycles. The number of urea groups is 1. The Morgan fingerprint density at radius 1 is 1.33 bits per heavy atom. The average molecular weight is 217 g/mol. The van der Waals surface area contributed by atoms with Crippen LogP contribution in [0.5, 0.6) is 0 Å². The summed E-state index contributed by atoms with van der Waals surface area (Å²) in [6.45, 7) is 1.06. The summed E-state index contributed by atoms with van der Waals surface area (Å²) >= 11 is 0. The first-order valence-electron chi connectivity index (χ1n) is 4.67. The zero-order chi connectivity index (χ0) is 11.4. The SMILES string of the molecule is NC(=O)NC(=O)CCN1C[C@@H](O)[C@@H](O)C1. The van der Waals surface area contributed by atoms with E-state index >= 15 is 0 Å². The van der Waals surface area contributed by atoms with Crippen molar-refractivity contribution in [3.8, 4) is 0 Å². The lowest BCUT2D eigenvalue weighted by Gasteiger charge is -2.13. The maximum absolute atomic E-state index is 11.0. The minimum absolute atomic E-state index is 0.113. The number of aliphatic hydroxyl groups excluding tert-OH is 2.